The Labute approximate surface area is 180 Å². The van der Waals surface area contributed by atoms with Crippen LogP contribution in [0.25, 0.3) is 0 Å². The molecule has 3 rings (SSSR count). The van der Waals surface area contributed by atoms with Gasteiger partial charge in [0, 0.05) is 0 Å². The Kier molecular flexibility index (Phi) is 6.94. The molecule has 2 atom stereocenters. The first kappa shape index (κ1) is 21.6. The standard InChI is InChI=1S/C27H31NO2/c1-18(2)24-15-14-20(4)17-25(24)30-21(5)27(29)28-26(22-11-7-6-8-12-22)23-13-9-10-19(3)16-23/h6-18,21,26H,1-5H3,(H,28,29)/t21-,26-/m1/s1. The smallest absolute Gasteiger partial charge is 0.261 e. The van der Waals surface area contributed by atoms with Crippen LogP contribution in [-0.4, -0.2) is 12.0 Å². The number of aryl methyl sites for hydroxylation is 2. The number of nitrogens with one attached hydrogen (secondary N) is 1. The zero-order valence-electron chi connectivity index (χ0n) is 18.5. The molecule has 0 aromatic heterocycles. The summed E-state index contributed by atoms with van der Waals surface area (Å²) in [6.07, 6.45) is -0.611. The summed E-state index contributed by atoms with van der Waals surface area (Å²) >= 11 is 0. The summed E-state index contributed by atoms with van der Waals surface area (Å²) < 4.78 is 6.13. The van der Waals surface area contributed by atoms with Gasteiger partial charge in [-0.05, 0) is 55.0 Å². The lowest BCUT2D eigenvalue weighted by Crippen LogP contribution is -2.39. The number of hydrogen-bond acceptors (Lipinski definition) is 2. The lowest BCUT2D eigenvalue weighted by atomic mass is 9.97. The minimum Gasteiger partial charge on any atom is -0.481 e. The molecule has 0 bridgehead atoms. The van der Waals surface area contributed by atoms with E-state index in [0.717, 1.165) is 33.6 Å². The summed E-state index contributed by atoms with van der Waals surface area (Å²) in [5.41, 5.74) is 5.48. The SMILES string of the molecule is Cc1cccc([C@H](NC(=O)[C@@H](C)Oc2cc(C)ccc2C(C)C)c2ccccc2)c1. The number of amides is 1. The van der Waals surface area contributed by atoms with Crippen LogP contribution in [0.5, 0.6) is 5.75 Å². The molecular formula is C27H31NO2. The van der Waals surface area contributed by atoms with Crippen molar-refractivity contribution >= 4 is 5.91 Å². The number of carbonyl (C=O) groups excluding carboxylic acids is 1. The predicted molar refractivity (Wildman–Crippen MR) is 123 cm³/mol. The van der Waals surface area contributed by atoms with Gasteiger partial charge in [0.15, 0.2) is 6.10 Å². The zero-order chi connectivity index (χ0) is 21.7. The fourth-order valence-corrected chi connectivity index (χ4v) is 3.58. The average molecular weight is 402 g/mol. The highest BCUT2D eigenvalue weighted by Gasteiger charge is 2.23. The molecule has 0 spiro atoms. The van der Waals surface area contributed by atoms with Gasteiger partial charge < -0.3 is 10.1 Å². The molecule has 1 amide bonds. The second-order valence-electron chi connectivity index (χ2n) is 8.22. The van der Waals surface area contributed by atoms with Gasteiger partial charge in [-0.1, -0.05) is 86.1 Å². The Hall–Kier alpha value is -3.07. The van der Waals surface area contributed by atoms with Crippen molar-refractivity contribution in [1.82, 2.24) is 5.32 Å². The zero-order valence-corrected chi connectivity index (χ0v) is 18.5. The highest BCUT2D eigenvalue weighted by Crippen LogP contribution is 2.29. The van der Waals surface area contributed by atoms with Crippen LogP contribution in [0.2, 0.25) is 0 Å². The largest absolute Gasteiger partial charge is 0.481 e. The first-order chi connectivity index (χ1) is 14.3. The van der Waals surface area contributed by atoms with Crippen molar-refractivity contribution in [2.75, 3.05) is 0 Å². The molecule has 0 saturated heterocycles. The number of hydrogen-bond donors (Lipinski definition) is 1. The third kappa shape index (κ3) is 5.29. The average Bonchev–Trinajstić information content (AvgIpc) is 2.72. The van der Waals surface area contributed by atoms with Crippen LogP contribution >= 0.6 is 0 Å². The second-order valence-corrected chi connectivity index (χ2v) is 8.22. The van der Waals surface area contributed by atoms with Gasteiger partial charge in [-0.2, -0.15) is 0 Å². The maximum absolute atomic E-state index is 13.1. The normalized spacial score (nSPS) is 13.0. The number of carbonyl (C=O) groups is 1. The lowest BCUT2D eigenvalue weighted by Gasteiger charge is -2.24. The van der Waals surface area contributed by atoms with Gasteiger partial charge in [0.25, 0.3) is 5.91 Å². The van der Waals surface area contributed by atoms with Crippen LogP contribution in [0.3, 0.4) is 0 Å². The molecule has 0 aliphatic rings. The molecule has 0 unspecified atom stereocenters. The van der Waals surface area contributed by atoms with Crippen LogP contribution in [0.15, 0.2) is 72.8 Å². The molecule has 0 radical (unpaired) electrons. The van der Waals surface area contributed by atoms with E-state index in [1.165, 1.54) is 0 Å². The highest BCUT2D eigenvalue weighted by molar-refractivity contribution is 5.81. The highest BCUT2D eigenvalue weighted by atomic mass is 16.5. The minimum atomic E-state index is -0.611. The summed E-state index contributed by atoms with van der Waals surface area (Å²) in [5.74, 6) is 0.960. The second kappa shape index (κ2) is 9.62. The van der Waals surface area contributed by atoms with Gasteiger partial charge in [-0.15, -0.1) is 0 Å². The molecule has 30 heavy (non-hydrogen) atoms. The quantitative estimate of drug-likeness (QED) is 0.519. The van der Waals surface area contributed by atoms with Crippen molar-refractivity contribution < 1.29 is 9.53 Å². The van der Waals surface area contributed by atoms with E-state index < -0.39 is 6.10 Å². The van der Waals surface area contributed by atoms with E-state index >= 15 is 0 Å². The molecule has 3 nitrogen and oxygen atoms in total. The van der Waals surface area contributed by atoms with E-state index in [-0.39, 0.29) is 11.9 Å². The lowest BCUT2D eigenvalue weighted by molar-refractivity contribution is -0.127. The van der Waals surface area contributed by atoms with Crippen molar-refractivity contribution in [2.45, 2.75) is 52.7 Å². The first-order valence-electron chi connectivity index (χ1n) is 10.5. The predicted octanol–water partition coefficient (Wildman–Crippen LogP) is 6.10. The van der Waals surface area contributed by atoms with Crippen LogP contribution in [0.1, 0.15) is 60.5 Å². The molecule has 156 valence electrons. The van der Waals surface area contributed by atoms with E-state index in [1.54, 1.807) is 6.92 Å². The molecular weight excluding hydrogens is 370 g/mol. The maximum atomic E-state index is 13.1. The van der Waals surface area contributed by atoms with Crippen molar-refractivity contribution in [3.63, 3.8) is 0 Å². The van der Waals surface area contributed by atoms with E-state index in [9.17, 15) is 4.79 Å². The summed E-state index contributed by atoms with van der Waals surface area (Å²) in [6, 6.07) is 24.2. The molecule has 0 aliphatic heterocycles. The first-order valence-corrected chi connectivity index (χ1v) is 10.5. The fourth-order valence-electron chi connectivity index (χ4n) is 3.58. The van der Waals surface area contributed by atoms with Crippen LogP contribution < -0.4 is 10.1 Å². The van der Waals surface area contributed by atoms with E-state index in [2.05, 4.69) is 50.4 Å². The summed E-state index contributed by atoms with van der Waals surface area (Å²) in [4.78, 5) is 13.1. The molecule has 1 N–H and O–H groups in total. The third-order valence-corrected chi connectivity index (χ3v) is 5.26. The van der Waals surface area contributed by atoms with Gasteiger partial charge in [0.05, 0.1) is 6.04 Å². The van der Waals surface area contributed by atoms with Crippen LogP contribution in [0, 0.1) is 13.8 Å². The van der Waals surface area contributed by atoms with Crippen molar-refractivity contribution in [3.05, 3.63) is 101 Å². The number of ether oxygens (including phenoxy) is 1. The van der Waals surface area contributed by atoms with Gasteiger partial charge in [0.1, 0.15) is 5.75 Å². The summed E-state index contributed by atoms with van der Waals surface area (Å²) in [5, 5.41) is 3.20. The van der Waals surface area contributed by atoms with Gasteiger partial charge in [0.2, 0.25) is 0 Å². The van der Waals surface area contributed by atoms with Crippen molar-refractivity contribution in [2.24, 2.45) is 0 Å². The molecule has 3 heteroatoms. The van der Waals surface area contributed by atoms with Crippen molar-refractivity contribution in [3.8, 4) is 5.75 Å². The molecule has 0 aliphatic carbocycles. The summed E-state index contributed by atoms with van der Waals surface area (Å²) in [6.45, 7) is 10.2. The third-order valence-electron chi connectivity index (χ3n) is 5.26. The van der Waals surface area contributed by atoms with E-state index in [1.807, 2.05) is 55.5 Å². The maximum Gasteiger partial charge on any atom is 0.261 e. The topological polar surface area (TPSA) is 38.3 Å². The molecule has 0 fully saturated rings. The van der Waals surface area contributed by atoms with Crippen molar-refractivity contribution in [1.29, 1.82) is 0 Å². The molecule has 3 aromatic rings. The Morgan fingerprint density at radius 3 is 2.13 bits per heavy atom. The van der Waals surface area contributed by atoms with Gasteiger partial charge >= 0.3 is 0 Å². The molecule has 0 saturated carbocycles. The van der Waals surface area contributed by atoms with E-state index in [0.29, 0.717) is 5.92 Å². The Morgan fingerprint density at radius 2 is 1.47 bits per heavy atom. The molecule has 0 heterocycles. The van der Waals surface area contributed by atoms with Crippen LogP contribution in [0.4, 0.5) is 0 Å². The number of benzene rings is 3. The minimum absolute atomic E-state index is 0.137. The van der Waals surface area contributed by atoms with E-state index in [4.69, 9.17) is 4.74 Å². The Morgan fingerprint density at radius 1 is 0.800 bits per heavy atom. The van der Waals surface area contributed by atoms with Gasteiger partial charge in [-0.3, -0.25) is 4.79 Å². The Bertz CT molecular complexity index is 995. The van der Waals surface area contributed by atoms with Crippen LogP contribution in [-0.2, 0) is 4.79 Å². The summed E-state index contributed by atoms with van der Waals surface area (Å²) in [7, 11) is 0. The Balaban J connectivity index is 1.83. The monoisotopic (exact) mass is 401 g/mol. The molecule has 3 aromatic carbocycles. The number of rotatable bonds is 7. The van der Waals surface area contributed by atoms with Gasteiger partial charge in [-0.25, -0.2) is 0 Å². The fraction of sp³-hybridized carbons (Fsp3) is 0.296.